The summed E-state index contributed by atoms with van der Waals surface area (Å²) in [7, 11) is 0. The van der Waals surface area contributed by atoms with Crippen LogP contribution in [0.25, 0.3) is 0 Å². The second kappa shape index (κ2) is 5.90. The van der Waals surface area contributed by atoms with E-state index in [1.54, 1.807) is 6.92 Å². The number of hydrogen-bond donors (Lipinski definition) is 0. The second-order valence-electron chi connectivity index (χ2n) is 3.09. The lowest BCUT2D eigenvalue weighted by atomic mass is 10.1. The SMILES string of the molecule is C/C(C=O)=C\C=C\CC(C)C. The van der Waals surface area contributed by atoms with Crippen LogP contribution in [0, 0.1) is 5.92 Å². The van der Waals surface area contributed by atoms with E-state index >= 15 is 0 Å². The van der Waals surface area contributed by atoms with Gasteiger partial charge in [-0.15, -0.1) is 0 Å². The molecule has 0 saturated heterocycles. The average Bonchev–Trinajstić information content (AvgIpc) is 1.97. The topological polar surface area (TPSA) is 17.1 Å². The predicted octanol–water partition coefficient (Wildman–Crippen LogP) is 2.73. The zero-order valence-electron chi connectivity index (χ0n) is 7.50. The van der Waals surface area contributed by atoms with E-state index in [9.17, 15) is 4.79 Å². The van der Waals surface area contributed by atoms with Crippen LogP contribution >= 0.6 is 0 Å². The molecule has 11 heavy (non-hydrogen) atoms. The third kappa shape index (κ3) is 7.04. The number of allylic oxidation sites excluding steroid dienone is 4. The first kappa shape index (κ1) is 10.2. The lowest BCUT2D eigenvalue weighted by Gasteiger charge is -1.94. The van der Waals surface area contributed by atoms with Crippen LogP contribution in [0.15, 0.2) is 23.8 Å². The molecule has 0 fully saturated rings. The minimum absolute atomic E-state index is 0.691. The molecule has 0 aromatic rings. The molecule has 0 unspecified atom stereocenters. The van der Waals surface area contributed by atoms with Gasteiger partial charge in [-0.05, 0) is 24.8 Å². The summed E-state index contributed by atoms with van der Waals surface area (Å²) in [4.78, 5) is 10.1. The number of carbonyl (C=O) groups excluding carboxylic acids is 1. The summed E-state index contributed by atoms with van der Waals surface area (Å²) >= 11 is 0. The molecule has 0 spiro atoms. The molecule has 0 aliphatic rings. The van der Waals surface area contributed by atoms with E-state index in [4.69, 9.17) is 0 Å². The van der Waals surface area contributed by atoms with Crippen LogP contribution in [0.2, 0.25) is 0 Å². The highest BCUT2D eigenvalue weighted by atomic mass is 16.1. The minimum Gasteiger partial charge on any atom is -0.298 e. The van der Waals surface area contributed by atoms with Crippen molar-refractivity contribution in [1.82, 2.24) is 0 Å². The zero-order valence-corrected chi connectivity index (χ0v) is 7.50. The van der Waals surface area contributed by atoms with Gasteiger partial charge in [0.05, 0.1) is 0 Å². The van der Waals surface area contributed by atoms with Crippen molar-refractivity contribution in [1.29, 1.82) is 0 Å². The molecule has 0 bridgehead atoms. The van der Waals surface area contributed by atoms with Crippen molar-refractivity contribution in [3.05, 3.63) is 23.8 Å². The highest BCUT2D eigenvalue weighted by Crippen LogP contribution is 2.00. The van der Waals surface area contributed by atoms with E-state index < -0.39 is 0 Å². The molecule has 62 valence electrons. The first-order chi connectivity index (χ1) is 5.16. The Bertz CT molecular complexity index is 164. The number of aldehydes is 1. The van der Waals surface area contributed by atoms with Crippen LogP contribution in [-0.4, -0.2) is 6.29 Å². The lowest BCUT2D eigenvalue weighted by molar-refractivity contribution is -0.104. The van der Waals surface area contributed by atoms with Crippen LogP contribution in [-0.2, 0) is 4.79 Å². The van der Waals surface area contributed by atoms with Crippen LogP contribution in [0.4, 0.5) is 0 Å². The summed E-state index contributed by atoms with van der Waals surface area (Å²) in [6.07, 6.45) is 7.78. The molecule has 0 amide bonds. The fourth-order valence-electron chi connectivity index (χ4n) is 0.610. The van der Waals surface area contributed by atoms with Gasteiger partial charge in [0.15, 0.2) is 0 Å². The molecule has 0 N–H and O–H groups in total. The molecule has 0 radical (unpaired) electrons. The van der Waals surface area contributed by atoms with Crippen molar-refractivity contribution in [3.8, 4) is 0 Å². The van der Waals surface area contributed by atoms with Crippen molar-refractivity contribution < 1.29 is 4.79 Å². The minimum atomic E-state index is 0.691. The Balaban J connectivity index is 3.67. The fraction of sp³-hybridized carbons (Fsp3) is 0.500. The van der Waals surface area contributed by atoms with E-state index in [-0.39, 0.29) is 0 Å². The molecule has 1 nitrogen and oxygen atoms in total. The fourth-order valence-corrected chi connectivity index (χ4v) is 0.610. The Morgan fingerprint density at radius 1 is 1.45 bits per heavy atom. The van der Waals surface area contributed by atoms with E-state index in [1.807, 2.05) is 12.2 Å². The molecule has 0 saturated carbocycles. The molecule has 0 aromatic heterocycles. The number of hydrogen-bond acceptors (Lipinski definition) is 1. The van der Waals surface area contributed by atoms with Gasteiger partial charge in [-0.25, -0.2) is 0 Å². The van der Waals surface area contributed by atoms with Gasteiger partial charge in [-0.3, -0.25) is 4.79 Å². The summed E-state index contributed by atoms with van der Waals surface area (Å²) in [5.41, 5.74) is 0.769. The zero-order chi connectivity index (χ0) is 8.69. The molecule has 1 heteroatoms. The number of carbonyl (C=O) groups is 1. The maximum absolute atomic E-state index is 10.1. The normalized spacial score (nSPS) is 12.9. The van der Waals surface area contributed by atoms with Crippen LogP contribution < -0.4 is 0 Å². The largest absolute Gasteiger partial charge is 0.298 e. The molecule has 0 atom stereocenters. The van der Waals surface area contributed by atoms with Gasteiger partial charge in [0.2, 0.25) is 0 Å². The van der Waals surface area contributed by atoms with Gasteiger partial charge >= 0.3 is 0 Å². The van der Waals surface area contributed by atoms with Gasteiger partial charge in [0.25, 0.3) is 0 Å². The molecule has 0 aliphatic carbocycles. The Morgan fingerprint density at radius 2 is 2.09 bits per heavy atom. The third-order valence-corrected chi connectivity index (χ3v) is 1.29. The first-order valence-electron chi connectivity index (χ1n) is 3.95. The Labute approximate surface area is 68.8 Å². The third-order valence-electron chi connectivity index (χ3n) is 1.29. The monoisotopic (exact) mass is 152 g/mol. The van der Waals surface area contributed by atoms with Crippen molar-refractivity contribution in [2.24, 2.45) is 5.92 Å². The maximum atomic E-state index is 10.1. The Kier molecular flexibility index (Phi) is 5.44. The highest BCUT2D eigenvalue weighted by Gasteiger charge is 1.85. The van der Waals surface area contributed by atoms with Crippen molar-refractivity contribution in [3.63, 3.8) is 0 Å². The average molecular weight is 152 g/mol. The Morgan fingerprint density at radius 3 is 2.55 bits per heavy atom. The summed E-state index contributed by atoms with van der Waals surface area (Å²) < 4.78 is 0. The quantitative estimate of drug-likeness (QED) is 0.344. The molecular formula is C10H16O. The van der Waals surface area contributed by atoms with Gasteiger partial charge in [-0.1, -0.05) is 32.1 Å². The summed E-state index contributed by atoms with van der Waals surface area (Å²) in [6, 6.07) is 0. The highest BCUT2D eigenvalue weighted by molar-refractivity contribution is 5.72. The van der Waals surface area contributed by atoms with E-state index in [2.05, 4.69) is 19.9 Å². The summed E-state index contributed by atoms with van der Waals surface area (Å²) in [6.45, 7) is 6.13. The van der Waals surface area contributed by atoms with Gasteiger partial charge in [0, 0.05) is 0 Å². The second-order valence-corrected chi connectivity index (χ2v) is 3.09. The van der Waals surface area contributed by atoms with Crippen LogP contribution in [0.3, 0.4) is 0 Å². The van der Waals surface area contributed by atoms with Crippen LogP contribution in [0.5, 0.6) is 0 Å². The van der Waals surface area contributed by atoms with Crippen molar-refractivity contribution >= 4 is 6.29 Å². The van der Waals surface area contributed by atoms with Crippen molar-refractivity contribution in [2.45, 2.75) is 27.2 Å². The van der Waals surface area contributed by atoms with Gasteiger partial charge in [-0.2, -0.15) is 0 Å². The number of rotatable bonds is 4. The van der Waals surface area contributed by atoms with Gasteiger partial charge < -0.3 is 0 Å². The maximum Gasteiger partial charge on any atom is 0.145 e. The molecule has 0 aliphatic heterocycles. The predicted molar refractivity (Wildman–Crippen MR) is 48.4 cm³/mol. The van der Waals surface area contributed by atoms with E-state index in [0.29, 0.717) is 5.92 Å². The molecule has 0 aromatic carbocycles. The molecule has 0 heterocycles. The summed E-state index contributed by atoms with van der Waals surface area (Å²) in [5, 5.41) is 0. The van der Waals surface area contributed by atoms with Crippen LogP contribution in [0.1, 0.15) is 27.2 Å². The van der Waals surface area contributed by atoms with Crippen molar-refractivity contribution in [2.75, 3.05) is 0 Å². The standard InChI is InChI=1S/C10H16O/c1-9(2)6-4-5-7-10(3)8-11/h4-5,7-9H,6H2,1-3H3/b5-4+,10-7+. The van der Waals surface area contributed by atoms with Gasteiger partial charge in [0.1, 0.15) is 6.29 Å². The Hall–Kier alpha value is -0.850. The summed E-state index contributed by atoms with van der Waals surface area (Å²) in [5.74, 6) is 0.691. The van der Waals surface area contributed by atoms with E-state index in [1.165, 1.54) is 0 Å². The molecular weight excluding hydrogens is 136 g/mol. The smallest absolute Gasteiger partial charge is 0.145 e. The lowest BCUT2D eigenvalue weighted by Crippen LogP contribution is -1.80. The first-order valence-corrected chi connectivity index (χ1v) is 3.95. The molecule has 0 rings (SSSR count). The van der Waals surface area contributed by atoms with E-state index in [0.717, 1.165) is 18.3 Å².